The highest BCUT2D eigenvalue weighted by Crippen LogP contribution is 2.21. The van der Waals surface area contributed by atoms with Crippen LogP contribution in [0.15, 0.2) is 28.7 Å². The molecule has 80 valence electrons. The minimum absolute atomic E-state index is 0.286. The molecule has 0 aliphatic rings. The van der Waals surface area contributed by atoms with Crippen LogP contribution < -0.4 is 0 Å². The third-order valence-corrected chi connectivity index (χ3v) is 2.65. The van der Waals surface area contributed by atoms with Gasteiger partial charge < -0.3 is 13.9 Å². The number of methoxy groups -OCH3 is 1. The highest BCUT2D eigenvalue weighted by atomic mass is 127. The second kappa shape index (κ2) is 4.96. The number of furan rings is 1. The summed E-state index contributed by atoms with van der Waals surface area (Å²) in [5, 5.41) is 1.11. The first-order valence-electron chi connectivity index (χ1n) is 4.54. The lowest BCUT2D eigenvalue weighted by molar-refractivity contribution is -0.0437. The number of fused-ring (bicyclic) bond motifs is 1. The summed E-state index contributed by atoms with van der Waals surface area (Å²) in [7, 11) is 1.60. The predicted octanol–water partition coefficient (Wildman–Crippen LogP) is 3.16. The topological polar surface area (TPSA) is 31.6 Å². The van der Waals surface area contributed by atoms with Gasteiger partial charge in [0.25, 0.3) is 0 Å². The second-order valence-corrected chi connectivity index (χ2v) is 4.40. The summed E-state index contributed by atoms with van der Waals surface area (Å²) >= 11 is 2.28. The monoisotopic (exact) mass is 318 g/mol. The minimum Gasteiger partial charge on any atom is -0.459 e. The Hall–Kier alpha value is -0.590. The number of rotatable bonds is 4. The lowest BCUT2D eigenvalue weighted by Crippen LogP contribution is -1.95. The first-order valence-corrected chi connectivity index (χ1v) is 5.62. The maximum absolute atomic E-state index is 5.59. The standard InChI is InChI=1S/C11H11IO3/c1-13-7-14-6-10-5-8-4-9(12)2-3-11(8)15-10/h2-5H,6-7H2,1H3. The zero-order valence-electron chi connectivity index (χ0n) is 8.33. The van der Waals surface area contributed by atoms with Crippen molar-refractivity contribution in [3.63, 3.8) is 0 Å². The van der Waals surface area contributed by atoms with Crippen LogP contribution in [0.5, 0.6) is 0 Å². The zero-order valence-corrected chi connectivity index (χ0v) is 10.5. The zero-order chi connectivity index (χ0) is 10.7. The first-order chi connectivity index (χ1) is 7.29. The van der Waals surface area contributed by atoms with Crippen LogP contribution in [0.1, 0.15) is 5.76 Å². The fourth-order valence-electron chi connectivity index (χ4n) is 1.37. The van der Waals surface area contributed by atoms with E-state index in [1.165, 1.54) is 3.57 Å². The summed E-state index contributed by atoms with van der Waals surface area (Å²) in [5.41, 5.74) is 0.895. The van der Waals surface area contributed by atoms with Crippen molar-refractivity contribution in [2.24, 2.45) is 0 Å². The van der Waals surface area contributed by atoms with Crippen LogP contribution in [0, 0.1) is 3.57 Å². The van der Waals surface area contributed by atoms with Crippen molar-refractivity contribution < 1.29 is 13.9 Å². The van der Waals surface area contributed by atoms with Crippen molar-refractivity contribution in [2.45, 2.75) is 6.61 Å². The summed E-state index contributed by atoms with van der Waals surface area (Å²) < 4.78 is 16.8. The van der Waals surface area contributed by atoms with Gasteiger partial charge in [-0.05, 0) is 46.9 Å². The van der Waals surface area contributed by atoms with Crippen molar-refractivity contribution in [1.82, 2.24) is 0 Å². The highest BCUT2D eigenvalue weighted by Gasteiger charge is 2.03. The highest BCUT2D eigenvalue weighted by molar-refractivity contribution is 14.1. The van der Waals surface area contributed by atoms with Gasteiger partial charge in [0.2, 0.25) is 0 Å². The van der Waals surface area contributed by atoms with Crippen molar-refractivity contribution in [3.05, 3.63) is 33.6 Å². The lowest BCUT2D eigenvalue weighted by atomic mass is 10.2. The summed E-state index contributed by atoms with van der Waals surface area (Å²) in [6.07, 6.45) is 0. The smallest absolute Gasteiger partial charge is 0.146 e. The van der Waals surface area contributed by atoms with Gasteiger partial charge in [-0.2, -0.15) is 0 Å². The predicted molar refractivity (Wildman–Crippen MR) is 65.6 cm³/mol. The van der Waals surface area contributed by atoms with Gasteiger partial charge in [0.1, 0.15) is 24.7 Å². The molecule has 0 saturated carbocycles. The number of ether oxygens (including phenoxy) is 2. The summed E-state index contributed by atoms with van der Waals surface area (Å²) in [6, 6.07) is 8.06. The molecule has 0 bridgehead atoms. The fraction of sp³-hybridized carbons (Fsp3) is 0.273. The van der Waals surface area contributed by atoms with Crippen LogP contribution >= 0.6 is 22.6 Å². The van der Waals surface area contributed by atoms with Crippen molar-refractivity contribution >= 4 is 33.6 Å². The van der Waals surface area contributed by atoms with E-state index in [9.17, 15) is 0 Å². The summed E-state index contributed by atoms with van der Waals surface area (Å²) in [5.74, 6) is 0.823. The summed E-state index contributed by atoms with van der Waals surface area (Å²) in [4.78, 5) is 0. The van der Waals surface area contributed by atoms with Crippen molar-refractivity contribution in [2.75, 3.05) is 13.9 Å². The lowest BCUT2D eigenvalue weighted by Gasteiger charge is -1.97. The van der Waals surface area contributed by atoms with Crippen molar-refractivity contribution in [3.8, 4) is 0 Å². The molecule has 1 heterocycles. The fourth-order valence-corrected chi connectivity index (χ4v) is 1.88. The molecule has 1 aromatic heterocycles. The summed E-state index contributed by atoms with van der Waals surface area (Å²) in [6.45, 7) is 0.730. The van der Waals surface area contributed by atoms with Gasteiger partial charge in [-0.25, -0.2) is 0 Å². The van der Waals surface area contributed by atoms with Gasteiger partial charge in [-0.1, -0.05) is 0 Å². The maximum atomic E-state index is 5.59. The van der Waals surface area contributed by atoms with E-state index in [-0.39, 0.29) is 6.79 Å². The molecule has 0 saturated heterocycles. The molecular formula is C11H11IO3. The van der Waals surface area contributed by atoms with Gasteiger partial charge >= 0.3 is 0 Å². The molecule has 3 nitrogen and oxygen atoms in total. The Morgan fingerprint density at radius 2 is 2.20 bits per heavy atom. The van der Waals surface area contributed by atoms with E-state index in [0.29, 0.717) is 6.61 Å². The van der Waals surface area contributed by atoms with E-state index in [0.717, 1.165) is 16.7 Å². The molecule has 0 fully saturated rings. The van der Waals surface area contributed by atoms with Gasteiger partial charge in [-0.15, -0.1) is 0 Å². The molecule has 0 radical (unpaired) electrons. The molecule has 4 heteroatoms. The largest absolute Gasteiger partial charge is 0.459 e. The molecule has 0 atom stereocenters. The van der Waals surface area contributed by atoms with E-state index >= 15 is 0 Å². The van der Waals surface area contributed by atoms with Crippen LogP contribution in [-0.4, -0.2) is 13.9 Å². The molecule has 0 aliphatic carbocycles. The first kappa shape index (κ1) is 10.9. The van der Waals surface area contributed by atoms with Crippen LogP contribution in [-0.2, 0) is 16.1 Å². The van der Waals surface area contributed by atoms with Gasteiger partial charge in [0.15, 0.2) is 0 Å². The van der Waals surface area contributed by atoms with E-state index < -0.39 is 0 Å². The molecular weight excluding hydrogens is 307 g/mol. The Balaban J connectivity index is 2.16. The molecule has 0 unspecified atom stereocenters. The Bertz CT molecular complexity index is 450. The molecule has 0 N–H and O–H groups in total. The SMILES string of the molecule is COCOCc1cc2cc(I)ccc2o1. The van der Waals surface area contributed by atoms with Crippen LogP contribution in [0.25, 0.3) is 11.0 Å². The molecule has 2 rings (SSSR count). The van der Waals surface area contributed by atoms with Crippen molar-refractivity contribution in [1.29, 1.82) is 0 Å². The quantitative estimate of drug-likeness (QED) is 0.493. The number of benzene rings is 1. The normalized spacial score (nSPS) is 11.1. The minimum atomic E-state index is 0.286. The Kier molecular flexibility index (Phi) is 3.61. The van der Waals surface area contributed by atoms with E-state index in [1.54, 1.807) is 7.11 Å². The van der Waals surface area contributed by atoms with E-state index in [4.69, 9.17) is 13.9 Å². The number of halogens is 1. The van der Waals surface area contributed by atoms with Crippen LogP contribution in [0.4, 0.5) is 0 Å². The van der Waals surface area contributed by atoms with Gasteiger partial charge in [0.05, 0.1) is 0 Å². The Labute approximate surface area is 101 Å². The molecule has 0 aliphatic heterocycles. The van der Waals surface area contributed by atoms with Crippen LogP contribution in [0.3, 0.4) is 0 Å². The molecule has 0 amide bonds. The molecule has 15 heavy (non-hydrogen) atoms. The third kappa shape index (κ3) is 2.70. The third-order valence-electron chi connectivity index (χ3n) is 1.97. The maximum Gasteiger partial charge on any atom is 0.146 e. The second-order valence-electron chi connectivity index (χ2n) is 3.15. The average Bonchev–Trinajstić information content (AvgIpc) is 2.60. The molecule has 1 aromatic carbocycles. The Morgan fingerprint density at radius 1 is 1.33 bits per heavy atom. The molecule has 0 spiro atoms. The van der Waals surface area contributed by atoms with E-state index in [1.807, 2.05) is 18.2 Å². The van der Waals surface area contributed by atoms with Gasteiger partial charge in [-0.3, -0.25) is 0 Å². The van der Waals surface area contributed by atoms with Gasteiger partial charge in [0, 0.05) is 16.1 Å². The number of hydrogen-bond donors (Lipinski definition) is 0. The number of hydrogen-bond acceptors (Lipinski definition) is 3. The van der Waals surface area contributed by atoms with Crippen LogP contribution in [0.2, 0.25) is 0 Å². The Morgan fingerprint density at radius 3 is 3.00 bits per heavy atom. The van der Waals surface area contributed by atoms with E-state index in [2.05, 4.69) is 28.7 Å². The average molecular weight is 318 g/mol. The molecule has 2 aromatic rings.